The average molecular weight is 628 g/mol. The Bertz CT molecular complexity index is 1410. The van der Waals surface area contributed by atoms with Crippen molar-refractivity contribution in [2.24, 2.45) is 5.73 Å². The Kier molecular flexibility index (Phi) is 16.6. The minimum atomic E-state index is -0.384. The van der Waals surface area contributed by atoms with Crippen LogP contribution in [-0.4, -0.2) is 35.1 Å². The molecule has 0 amide bonds. The highest BCUT2D eigenvalue weighted by Crippen LogP contribution is 2.29. The molecule has 46 heavy (non-hydrogen) atoms. The number of nitrogens with zero attached hydrogens (tertiary/aromatic N) is 2. The topological polar surface area (TPSA) is 104 Å². The van der Waals surface area contributed by atoms with E-state index in [1.165, 1.54) is 27.8 Å². The number of nitrogens with two attached hydrogens (primary N) is 1. The first kappa shape index (κ1) is 39.7. The fraction of sp³-hybridized carbons (Fsp3) is 0.385. The van der Waals surface area contributed by atoms with E-state index < -0.39 is 0 Å². The third kappa shape index (κ3) is 10.9. The number of aromatic nitrogens is 2. The van der Waals surface area contributed by atoms with Crippen LogP contribution < -0.4 is 5.73 Å². The summed E-state index contributed by atoms with van der Waals surface area (Å²) >= 11 is 0. The lowest BCUT2D eigenvalue weighted by atomic mass is 9.94. The zero-order valence-electron chi connectivity index (χ0n) is 27.0. The molecule has 2 atom stereocenters. The Labute approximate surface area is 276 Å². The van der Waals surface area contributed by atoms with Gasteiger partial charge < -0.3 is 15.2 Å². The minimum Gasteiger partial charge on any atom is -0.466 e. The molecule has 2 N–H and O–H groups in total. The van der Waals surface area contributed by atoms with E-state index in [4.69, 9.17) is 15.2 Å². The second kappa shape index (κ2) is 19.2. The molecule has 2 heterocycles. The predicted molar refractivity (Wildman–Crippen MR) is 190 cm³/mol. The molecule has 7 nitrogen and oxygen atoms in total. The molecule has 7 heteroatoms. The third-order valence-corrected chi connectivity index (χ3v) is 7.51. The standard InChI is InChI=1S/C19H23NO2.C18H22N2O2.2CH4/c1-5-22-18(21)11-15(4)16-9-10-20-17(12-16)19-13(2)7-6-8-14(19)3;1-4-22-17(21)11-15(19)14-8-9-20-16(10-14)18-12(2)6-5-7-13(18)3;;/h6-10,12,15H,5,11H2,1-4H3;5-10,15H,4,11,19H2,1-3H3;2*1H4/t2*15-;;/m00../s1. The summed E-state index contributed by atoms with van der Waals surface area (Å²) in [6, 6.07) is 19.9. The fourth-order valence-electron chi connectivity index (χ4n) is 5.25. The molecule has 0 unspecified atom stereocenters. The first-order chi connectivity index (χ1) is 21.0. The largest absolute Gasteiger partial charge is 0.466 e. The molecule has 248 valence electrons. The van der Waals surface area contributed by atoms with E-state index in [1.807, 2.05) is 44.3 Å². The number of carbonyl (C=O) groups is 2. The van der Waals surface area contributed by atoms with Crippen LogP contribution in [0.4, 0.5) is 0 Å². The number of aryl methyl sites for hydroxylation is 4. The van der Waals surface area contributed by atoms with Crippen molar-refractivity contribution >= 4 is 11.9 Å². The molecular weight excluding hydrogens is 574 g/mol. The molecule has 0 fully saturated rings. The molecule has 0 bridgehead atoms. The molecule has 4 aromatic rings. The van der Waals surface area contributed by atoms with Crippen molar-refractivity contribution in [3.8, 4) is 22.5 Å². The summed E-state index contributed by atoms with van der Waals surface area (Å²) in [6.07, 6.45) is 4.12. The van der Waals surface area contributed by atoms with Gasteiger partial charge in [-0.1, -0.05) is 58.2 Å². The van der Waals surface area contributed by atoms with Gasteiger partial charge in [0, 0.05) is 29.6 Å². The van der Waals surface area contributed by atoms with E-state index in [1.54, 1.807) is 13.1 Å². The number of pyridine rings is 2. The van der Waals surface area contributed by atoms with Crippen LogP contribution in [-0.2, 0) is 19.1 Å². The molecule has 0 saturated carbocycles. The highest BCUT2D eigenvalue weighted by Gasteiger charge is 2.16. The summed E-state index contributed by atoms with van der Waals surface area (Å²) in [4.78, 5) is 32.2. The Morgan fingerprint density at radius 1 is 0.674 bits per heavy atom. The van der Waals surface area contributed by atoms with Crippen molar-refractivity contribution in [1.29, 1.82) is 0 Å². The van der Waals surface area contributed by atoms with Crippen LogP contribution in [0.2, 0.25) is 0 Å². The van der Waals surface area contributed by atoms with Gasteiger partial charge >= 0.3 is 11.9 Å². The van der Waals surface area contributed by atoms with Crippen molar-refractivity contribution in [3.05, 3.63) is 106 Å². The summed E-state index contributed by atoms with van der Waals surface area (Å²) < 4.78 is 9.99. The number of rotatable bonds is 10. The van der Waals surface area contributed by atoms with Crippen LogP contribution in [0, 0.1) is 27.7 Å². The van der Waals surface area contributed by atoms with E-state index in [9.17, 15) is 9.59 Å². The lowest BCUT2D eigenvalue weighted by Gasteiger charge is -2.14. The highest BCUT2D eigenvalue weighted by atomic mass is 16.5. The molecule has 0 radical (unpaired) electrons. The number of hydrogen-bond acceptors (Lipinski definition) is 7. The zero-order valence-corrected chi connectivity index (χ0v) is 27.0. The zero-order chi connectivity index (χ0) is 32.2. The van der Waals surface area contributed by atoms with Crippen LogP contribution >= 0.6 is 0 Å². The number of esters is 2. The van der Waals surface area contributed by atoms with E-state index in [0.29, 0.717) is 19.6 Å². The van der Waals surface area contributed by atoms with Gasteiger partial charge in [-0.25, -0.2) is 0 Å². The molecule has 0 aliphatic heterocycles. The van der Waals surface area contributed by atoms with Crippen molar-refractivity contribution in [3.63, 3.8) is 0 Å². The molecule has 0 aliphatic rings. The first-order valence-electron chi connectivity index (χ1n) is 15.2. The quantitative estimate of drug-likeness (QED) is 0.175. The lowest BCUT2D eigenvalue weighted by molar-refractivity contribution is -0.144. The number of ether oxygens (including phenoxy) is 2. The monoisotopic (exact) mass is 627 g/mol. The minimum absolute atomic E-state index is 0. The average Bonchev–Trinajstić information content (AvgIpc) is 2.98. The molecule has 2 aromatic heterocycles. The van der Waals surface area contributed by atoms with E-state index >= 15 is 0 Å². The number of carbonyl (C=O) groups excluding carboxylic acids is 2. The molecule has 4 rings (SSSR count). The summed E-state index contributed by atoms with van der Waals surface area (Å²) in [5, 5.41) is 0. The second-order valence-corrected chi connectivity index (χ2v) is 11.0. The molecule has 2 aromatic carbocycles. The van der Waals surface area contributed by atoms with Crippen molar-refractivity contribution in [2.45, 2.75) is 88.1 Å². The fourth-order valence-corrected chi connectivity index (χ4v) is 5.25. The predicted octanol–water partition coefficient (Wildman–Crippen LogP) is 9.01. The Balaban J connectivity index is 0.000000441. The van der Waals surface area contributed by atoms with Crippen molar-refractivity contribution < 1.29 is 19.1 Å². The van der Waals surface area contributed by atoms with Gasteiger partial charge in [0.1, 0.15) is 0 Å². The summed E-state index contributed by atoms with van der Waals surface area (Å²) in [6.45, 7) is 14.8. The lowest BCUT2D eigenvalue weighted by Crippen LogP contribution is -2.17. The van der Waals surface area contributed by atoms with Gasteiger partial charge in [0.15, 0.2) is 0 Å². The Morgan fingerprint density at radius 3 is 1.50 bits per heavy atom. The van der Waals surface area contributed by atoms with Gasteiger partial charge in [0.25, 0.3) is 0 Å². The molecule has 0 aliphatic carbocycles. The molecule has 0 spiro atoms. The van der Waals surface area contributed by atoms with E-state index in [2.05, 4.69) is 74.1 Å². The van der Waals surface area contributed by atoms with Gasteiger partial charge in [-0.3, -0.25) is 19.6 Å². The molecular formula is C39H53N3O4. The van der Waals surface area contributed by atoms with Gasteiger partial charge in [0.05, 0.1) is 37.4 Å². The van der Waals surface area contributed by atoms with Gasteiger partial charge in [-0.2, -0.15) is 0 Å². The van der Waals surface area contributed by atoms with Crippen molar-refractivity contribution in [2.75, 3.05) is 13.2 Å². The van der Waals surface area contributed by atoms with Crippen LogP contribution in [0.1, 0.15) is 93.8 Å². The first-order valence-corrected chi connectivity index (χ1v) is 15.2. The number of hydrogen-bond donors (Lipinski definition) is 1. The van der Waals surface area contributed by atoms with Crippen molar-refractivity contribution in [1.82, 2.24) is 9.97 Å². The SMILES string of the molecule is C.C.CCOC(=O)C[C@H](C)c1ccnc(-c2c(C)cccc2C)c1.CCOC(=O)C[C@H](N)c1ccnc(-c2c(C)cccc2C)c1. The van der Waals surface area contributed by atoms with Crippen LogP contribution in [0.5, 0.6) is 0 Å². The summed E-state index contributed by atoms with van der Waals surface area (Å²) in [5.41, 5.74) is 17.0. The van der Waals surface area contributed by atoms with Crippen LogP contribution in [0.25, 0.3) is 22.5 Å². The Morgan fingerprint density at radius 2 is 1.07 bits per heavy atom. The van der Waals surface area contributed by atoms with E-state index in [0.717, 1.165) is 28.1 Å². The highest BCUT2D eigenvalue weighted by molar-refractivity contribution is 5.72. The van der Waals surface area contributed by atoms with Crippen LogP contribution in [0.15, 0.2) is 73.1 Å². The van der Waals surface area contributed by atoms with Gasteiger partial charge in [-0.05, 0) is 105 Å². The number of benzene rings is 2. The Hall–Kier alpha value is -4.36. The van der Waals surface area contributed by atoms with Gasteiger partial charge in [-0.15, -0.1) is 0 Å². The molecule has 0 saturated heterocycles. The maximum absolute atomic E-state index is 11.7. The van der Waals surface area contributed by atoms with E-state index in [-0.39, 0.29) is 45.2 Å². The summed E-state index contributed by atoms with van der Waals surface area (Å²) in [7, 11) is 0. The maximum Gasteiger partial charge on any atom is 0.307 e. The van der Waals surface area contributed by atoms with Crippen LogP contribution in [0.3, 0.4) is 0 Å². The second-order valence-electron chi connectivity index (χ2n) is 11.0. The maximum atomic E-state index is 11.7. The normalized spacial score (nSPS) is 11.5. The third-order valence-electron chi connectivity index (χ3n) is 7.51. The van der Waals surface area contributed by atoms with Gasteiger partial charge in [0.2, 0.25) is 0 Å². The smallest absolute Gasteiger partial charge is 0.307 e. The summed E-state index contributed by atoms with van der Waals surface area (Å²) in [5.74, 6) is -0.314.